The van der Waals surface area contributed by atoms with Crippen molar-refractivity contribution in [2.75, 3.05) is 60.6 Å². The lowest BCUT2D eigenvalue weighted by Crippen LogP contribution is -2.43. The fraction of sp³-hybridized carbons (Fsp3) is 0.333. The number of nitrogens with one attached hydrogen (secondary N) is 3. The number of benzene rings is 3. The number of methoxy groups -OCH3 is 3. The molecule has 3 N–H and O–H groups in total. The number of ether oxygens (including phenoxy) is 3. The second-order valence-corrected chi connectivity index (χ2v) is 14.4. The van der Waals surface area contributed by atoms with Crippen LogP contribution in [0.3, 0.4) is 0 Å². The molecule has 0 saturated heterocycles. The van der Waals surface area contributed by atoms with Gasteiger partial charge in [0.1, 0.15) is 17.2 Å². The Morgan fingerprint density at radius 3 is 0.907 bits per heavy atom. The molecule has 43 heavy (non-hydrogen) atoms. The Bertz CT molecular complexity index is 1430. The van der Waals surface area contributed by atoms with Gasteiger partial charge in [0.2, 0.25) is 30.1 Å². The minimum absolute atomic E-state index is 0.00910. The van der Waals surface area contributed by atoms with Crippen LogP contribution in [0.25, 0.3) is 0 Å². The van der Waals surface area contributed by atoms with Crippen molar-refractivity contribution in [1.29, 1.82) is 0 Å². The first kappa shape index (κ1) is 34.2. The van der Waals surface area contributed by atoms with Gasteiger partial charge in [0.15, 0.2) is 0 Å². The maximum absolute atomic E-state index is 12.7. The van der Waals surface area contributed by atoms with Crippen LogP contribution in [0.15, 0.2) is 87.5 Å². The van der Waals surface area contributed by atoms with Gasteiger partial charge in [0.25, 0.3) is 0 Å². The van der Waals surface area contributed by atoms with Gasteiger partial charge in [-0.15, -0.1) is 0 Å². The zero-order valence-electron chi connectivity index (χ0n) is 24.0. The average Bonchev–Trinajstić information content (AvgIpc) is 3.00. The first-order chi connectivity index (χ1) is 20.4. The van der Waals surface area contributed by atoms with E-state index in [1.807, 2.05) is 0 Å². The summed E-state index contributed by atoms with van der Waals surface area (Å²) in [4.78, 5) is 1.90. The number of nitrogens with zero attached hydrogens (tertiary/aromatic N) is 1. The third-order valence-electron chi connectivity index (χ3n) is 6.27. The molecule has 0 heterocycles. The Morgan fingerprint density at radius 2 is 0.698 bits per heavy atom. The number of hydrogen-bond donors (Lipinski definition) is 3. The number of hydrogen-bond acceptors (Lipinski definition) is 10. The Hall–Kier alpha value is -3.25. The van der Waals surface area contributed by atoms with E-state index in [4.69, 9.17) is 14.2 Å². The minimum Gasteiger partial charge on any atom is -0.497 e. The summed E-state index contributed by atoms with van der Waals surface area (Å²) in [6.45, 7) is 0.484. The van der Waals surface area contributed by atoms with Gasteiger partial charge in [-0.05, 0) is 72.8 Å². The van der Waals surface area contributed by atoms with Gasteiger partial charge in [0, 0.05) is 39.3 Å². The Balaban J connectivity index is 1.63. The SMILES string of the molecule is COc1ccc(S(=O)(=O)NCCN(CCNS(=O)(=O)c2ccc(OC)cc2)CCNS(=O)(=O)c2ccc(OC)cc2)cc1. The molecular formula is C27H36N4O9S3. The van der Waals surface area contributed by atoms with E-state index < -0.39 is 30.1 Å². The van der Waals surface area contributed by atoms with E-state index in [0.29, 0.717) is 17.2 Å². The molecule has 236 valence electrons. The normalized spacial score (nSPS) is 12.3. The molecule has 3 aromatic rings. The Labute approximate surface area is 253 Å². The minimum atomic E-state index is -3.83. The quantitative estimate of drug-likeness (QED) is 0.181. The van der Waals surface area contributed by atoms with Crippen molar-refractivity contribution in [2.24, 2.45) is 0 Å². The van der Waals surface area contributed by atoms with Crippen molar-refractivity contribution >= 4 is 30.1 Å². The highest BCUT2D eigenvalue weighted by Crippen LogP contribution is 2.17. The van der Waals surface area contributed by atoms with E-state index in [1.54, 1.807) is 4.90 Å². The molecule has 0 atom stereocenters. The number of rotatable bonds is 18. The standard InChI is InChI=1S/C27H36N4O9S3/c1-38-22-4-10-25(11-5-22)41(32,33)28-16-19-31(20-17-29-42(34,35)26-12-6-23(39-2)7-13-26)21-18-30-43(36,37)27-14-8-24(40-3)9-15-27/h4-15,28-30H,16-21H2,1-3H3. The molecule has 0 aromatic heterocycles. The third-order valence-corrected chi connectivity index (χ3v) is 10.7. The highest BCUT2D eigenvalue weighted by Gasteiger charge is 2.18. The van der Waals surface area contributed by atoms with Gasteiger partial charge < -0.3 is 14.2 Å². The van der Waals surface area contributed by atoms with Crippen LogP contribution >= 0.6 is 0 Å². The summed E-state index contributed by atoms with van der Waals surface area (Å²) in [5.74, 6) is 1.54. The van der Waals surface area contributed by atoms with Crippen molar-refractivity contribution in [3.05, 3.63) is 72.8 Å². The zero-order chi connectivity index (χ0) is 31.5. The third kappa shape index (κ3) is 10.2. The lowest BCUT2D eigenvalue weighted by atomic mass is 10.3. The van der Waals surface area contributed by atoms with Gasteiger partial charge in [-0.1, -0.05) is 0 Å². The lowest BCUT2D eigenvalue weighted by molar-refractivity contribution is 0.287. The maximum Gasteiger partial charge on any atom is 0.240 e. The van der Waals surface area contributed by atoms with Gasteiger partial charge in [0.05, 0.1) is 36.0 Å². The van der Waals surface area contributed by atoms with Crippen molar-refractivity contribution < 1.29 is 39.5 Å². The average molecular weight is 657 g/mol. The van der Waals surface area contributed by atoms with Crippen LogP contribution in [0.1, 0.15) is 0 Å². The lowest BCUT2D eigenvalue weighted by Gasteiger charge is -2.23. The highest BCUT2D eigenvalue weighted by molar-refractivity contribution is 7.90. The first-order valence-corrected chi connectivity index (χ1v) is 17.5. The molecule has 0 aliphatic rings. The molecule has 0 saturated carbocycles. The van der Waals surface area contributed by atoms with Gasteiger partial charge in [-0.2, -0.15) is 0 Å². The van der Waals surface area contributed by atoms with Crippen molar-refractivity contribution in [3.63, 3.8) is 0 Å². The van der Waals surface area contributed by atoms with Crippen LogP contribution < -0.4 is 28.4 Å². The molecule has 0 radical (unpaired) electrons. The smallest absolute Gasteiger partial charge is 0.240 e. The molecule has 0 spiro atoms. The van der Waals surface area contributed by atoms with Crippen molar-refractivity contribution in [2.45, 2.75) is 14.7 Å². The van der Waals surface area contributed by atoms with Gasteiger partial charge in [-0.3, -0.25) is 4.90 Å². The van der Waals surface area contributed by atoms with Crippen molar-refractivity contribution in [1.82, 2.24) is 19.1 Å². The molecule has 0 bridgehead atoms. The molecule has 0 fully saturated rings. The van der Waals surface area contributed by atoms with Gasteiger partial charge >= 0.3 is 0 Å². The molecule has 0 unspecified atom stereocenters. The van der Waals surface area contributed by atoms with Crippen LogP contribution in [-0.4, -0.2) is 90.8 Å². The van der Waals surface area contributed by atoms with Crippen LogP contribution in [-0.2, 0) is 30.1 Å². The van der Waals surface area contributed by atoms with E-state index in [2.05, 4.69) is 14.2 Å². The molecule has 3 rings (SSSR count). The summed E-state index contributed by atoms with van der Waals surface area (Å²) in [6.07, 6.45) is 0. The summed E-state index contributed by atoms with van der Waals surface area (Å²) < 4.78 is 99.2. The second kappa shape index (κ2) is 15.5. The molecular weight excluding hydrogens is 621 g/mol. The second-order valence-electron chi connectivity index (χ2n) is 9.06. The van der Waals surface area contributed by atoms with E-state index in [1.165, 1.54) is 94.1 Å². The fourth-order valence-electron chi connectivity index (χ4n) is 3.86. The zero-order valence-corrected chi connectivity index (χ0v) is 26.5. The fourth-order valence-corrected chi connectivity index (χ4v) is 6.93. The van der Waals surface area contributed by atoms with Crippen LogP contribution in [0.4, 0.5) is 0 Å². The molecule has 13 nitrogen and oxygen atoms in total. The molecule has 3 aromatic carbocycles. The number of sulfonamides is 3. The molecule has 16 heteroatoms. The Morgan fingerprint density at radius 1 is 0.465 bits per heavy atom. The van der Waals surface area contributed by atoms with E-state index in [0.717, 1.165) is 0 Å². The molecule has 0 aliphatic carbocycles. The topological polar surface area (TPSA) is 169 Å². The summed E-state index contributed by atoms with van der Waals surface area (Å²) >= 11 is 0. The summed E-state index contributed by atoms with van der Waals surface area (Å²) in [7, 11) is -7.05. The molecule has 0 amide bonds. The van der Waals surface area contributed by atoms with E-state index >= 15 is 0 Å². The first-order valence-electron chi connectivity index (χ1n) is 13.0. The van der Waals surface area contributed by atoms with Crippen LogP contribution in [0, 0.1) is 0 Å². The highest BCUT2D eigenvalue weighted by atomic mass is 32.2. The van der Waals surface area contributed by atoms with Crippen LogP contribution in [0.5, 0.6) is 17.2 Å². The van der Waals surface area contributed by atoms with E-state index in [-0.39, 0.29) is 54.0 Å². The monoisotopic (exact) mass is 656 g/mol. The van der Waals surface area contributed by atoms with Crippen LogP contribution in [0.2, 0.25) is 0 Å². The van der Waals surface area contributed by atoms with Crippen molar-refractivity contribution in [3.8, 4) is 17.2 Å². The van der Waals surface area contributed by atoms with E-state index in [9.17, 15) is 25.3 Å². The summed E-state index contributed by atoms with van der Waals surface area (Å²) in [5, 5.41) is 0. The predicted octanol–water partition coefficient (Wildman–Crippen LogP) is 1.25. The maximum atomic E-state index is 12.7. The van der Waals surface area contributed by atoms with Gasteiger partial charge in [-0.25, -0.2) is 39.4 Å². The largest absolute Gasteiger partial charge is 0.497 e. The Kier molecular flexibility index (Phi) is 12.3. The molecule has 0 aliphatic heterocycles. The predicted molar refractivity (Wildman–Crippen MR) is 161 cm³/mol. The summed E-state index contributed by atoms with van der Waals surface area (Å²) in [5.41, 5.74) is 0. The summed E-state index contributed by atoms with van der Waals surface area (Å²) in [6, 6.07) is 17.7.